The van der Waals surface area contributed by atoms with Crippen molar-refractivity contribution in [2.75, 3.05) is 12.8 Å². The lowest BCUT2D eigenvalue weighted by atomic mass is 10.1. The van der Waals surface area contributed by atoms with E-state index in [0.717, 1.165) is 17.0 Å². The summed E-state index contributed by atoms with van der Waals surface area (Å²) < 4.78 is 0. The number of nitrogens with zero attached hydrogens (tertiary/aromatic N) is 1. The van der Waals surface area contributed by atoms with E-state index in [1.807, 2.05) is 37.5 Å². The fourth-order valence-corrected chi connectivity index (χ4v) is 1.15. The number of nitrogens with two attached hydrogens (primary N) is 1. The zero-order valence-corrected chi connectivity index (χ0v) is 9.53. The maximum atomic E-state index is 5.61. The minimum Gasteiger partial charge on any atom is -0.399 e. The predicted molar refractivity (Wildman–Crippen MR) is 64.2 cm³/mol. The molecule has 0 amide bonds. The summed E-state index contributed by atoms with van der Waals surface area (Å²) in [6.45, 7) is 4.25. The first-order valence-electron chi connectivity index (χ1n) is 5.16. The molecule has 1 aromatic carbocycles. The van der Waals surface area contributed by atoms with Crippen LogP contribution in [0.1, 0.15) is 25.8 Å². The summed E-state index contributed by atoms with van der Waals surface area (Å²) in [5.74, 6) is 0.842. The van der Waals surface area contributed by atoms with Crippen molar-refractivity contribution in [2.45, 2.75) is 20.3 Å². The van der Waals surface area contributed by atoms with Gasteiger partial charge in [0.15, 0.2) is 5.75 Å². The molecule has 1 aliphatic rings. The molecule has 3 heteroatoms. The van der Waals surface area contributed by atoms with E-state index >= 15 is 0 Å². The molecule has 0 aromatic heterocycles. The molecule has 1 aromatic rings. The van der Waals surface area contributed by atoms with Crippen molar-refractivity contribution in [2.24, 2.45) is 0 Å². The third-order valence-corrected chi connectivity index (χ3v) is 1.74. The Kier molecular flexibility index (Phi) is 4.03. The smallest absolute Gasteiger partial charge is 0.162 e. The van der Waals surface area contributed by atoms with Crippen LogP contribution >= 0.6 is 0 Å². The van der Waals surface area contributed by atoms with Crippen LogP contribution in [0.25, 0.3) is 6.08 Å². The number of hydroxylamine groups is 2. The Hall–Kier alpha value is -1.64. The molecule has 0 atom stereocenters. The van der Waals surface area contributed by atoms with Crippen molar-refractivity contribution >= 4 is 11.8 Å². The Morgan fingerprint density at radius 3 is 2.67 bits per heavy atom. The molecule has 0 saturated carbocycles. The summed E-state index contributed by atoms with van der Waals surface area (Å²) in [4.78, 5) is 5.38. The van der Waals surface area contributed by atoms with Gasteiger partial charge in [-0.25, -0.2) is 5.06 Å². The first kappa shape index (κ1) is 11.4. The van der Waals surface area contributed by atoms with Crippen molar-refractivity contribution in [3.63, 3.8) is 0 Å². The molecule has 0 radical (unpaired) electrons. The van der Waals surface area contributed by atoms with Crippen LogP contribution in [0, 0.1) is 0 Å². The largest absolute Gasteiger partial charge is 0.399 e. The van der Waals surface area contributed by atoms with Gasteiger partial charge in [0.25, 0.3) is 0 Å². The zero-order chi connectivity index (χ0) is 11.3. The first-order chi connectivity index (χ1) is 7.17. The maximum Gasteiger partial charge on any atom is 0.162 e. The van der Waals surface area contributed by atoms with Gasteiger partial charge in [0.1, 0.15) is 0 Å². The van der Waals surface area contributed by atoms with Gasteiger partial charge in [0, 0.05) is 24.5 Å². The Labute approximate surface area is 91.1 Å². The molecule has 1 heterocycles. The molecule has 0 saturated heterocycles. The van der Waals surface area contributed by atoms with E-state index < -0.39 is 0 Å². The number of fused-ring (bicyclic) bond motifs is 1. The van der Waals surface area contributed by atoms with E-state index in [2.05, 4.69) is 13.8 Å². The average Bonchev–Trinajstić information content (AvgIpc) is 2.20. The van der Waals surface area contributed by atoms with Crippen LogP contribution in [0.5, 0.6) is 5.75 Å². The molecule has 0 spiro atoms. The normalized spacial score (nSPS) is 12.3. The highest BCUT2D eigenvalue weighted by Crippen LogP contribution is 2.26. The van der Waals surface area contributed by atoms with E-state index in [-0.39, 0.29) is 0 Å². The third kappa shape index (κ3) is 3.20. The molecule has 1 aliphatic heterocycles. The highest BCUT2D eigenvalue weighted by Gasteiger charge is 2.07. The Morgan fingerprint density at radius 1 is 1.33 bits per heavy atom. The average molecular weight is 206 g/mol. The lowest BCUT2D eigenvalue weighted by molar-refractivity contribution is 0.0188. The number of benzene rings is 1. The zero-order valence-electron chi connectivity index (χ0n) is 9.53. The molecule has 0 aliphatic carbocycles. The Balaban J connectivity index is 0.000000337. The Bertz CT molecular complexity index is 347. The van der Waals surface area contributed by atoms with E-state index in [1.165, 1.54) is 6.42 Å². The number of hydrogen-bond donors (Lipinski definition) is 1. The summed E-state index contributed by atoms with van der Waals surface area (Å²) in [5, 5.41) is 1.65. The Morgan fingerprint density at radius 2 is 2.00 bits per heavy atom. The van der Waals surface area contributed by atoms with E-state index in [9.17, 15) is 0 Å². The minimum absolute atomic E-state index is 0.756. The molecule has 2 rings (SSSR count). The summed E-state index contributed by atoms with van der Waals surface area (Å²) in [6, 6.07) is 5.58. The van der Waals surface area contributed by atoms with Gasteiger partial charge < -0.3 is 10.6 Å². The van der Waals surface area contributed by atoms with Crippen LogP contribution in [0.2, 0.25) is 0 Å². The van der Waals surface area contributed by atoms with E-state index in [4.69, 9.17) is 10.6 Å². The fraction of sp³-hybridized carbons (Fsp3) is 0.333. The highest BCUT2D eigenvalue weighted by atomic mass is 16.7. The van der Waals surface area contributed by atoms with Crippen molar-refractivity contribution < 1.29 is 4.84 Å². The maximum absolute atomic E-state index is 5.61. The second kappa shape index (κ2) is 5.29. The predicted octanol–water partition coefficient (Wildman–Crippen LogP) is 2.90. The van der Waals surface area contributed by atoms with Gasteiger partial charge in [-0.05, 0) is 24.3 Å². The molecule has 0 unspecified atom stereocenters. The summed E-state index contributed by atoms with van der Waals surface area (Å²) >= 11 is 0. The van der Waals surface area contributed by atoms with Crippen LogP contribution < -0.4 is 10.6 Å². The van der Waals surface area contributed by atoms with Crippen LogP contribution in [-0.2, 0) is 0 Å². The van der Waals surface area contributed by atoms with Crippen LogP contribution in [0.15, 0.2) is 24.4 Å². The van der Waals surface area contributed by atoms with Gasteiger partial charge in [0.2, 0.25) is 0 Å². The van der Waals surface area contributed by atoms with Crippen LogP contribution in [0.3, 0.4) is 0 Å². The molecule has 15 heavy (non-hydrogen) atoms. The molecule has 2 N–H and O–H groups in total. The highest BCUT2D eigenvalue weighted by molar-refractivity contribution is 5.63. The molecular formula is C12H18N2O. The SMILES string of the molecule is CCC.CN1C=Cc2cc(N)ccc2O1. The number of anilines is 1. The summed E-state index contributed by atoms with van der Waals surface area (Å²) in [7, 11) is 1.84. The third-order valence-electron chi connectivity index (χ3n) is 1.74. The number of rotatable bonds is 0. The van der Waals surface area contributed by atoms with E-state index in [1.54, 1.807) is 5.06 Å². The van der Waals surface area contributed by atoms with E-state index in [0.29, 0.717) is 0 Å². The molecule has 82 valence electrons. The van der Waals surface area contributed by atoms with Gasteiger partial charge in [0.05, 0.1) is 0 Å². The van der Waals surface area contributed by atoms with Crippen LogP contribution in [-0.4, -0.2) is 12.1 Å². The second-order valence-electron chi connectivity index (χ2n) is 3.46. The quantitative estimate of drug-likeness (QED) is 0.663. The van der Waals surface area contributed by atoms with Gasteiger partial charge in [-0.15, -0.1) is 0 Å². The molecule has 3 nitrogen and oxygen atoms in total. The van der Waals surface area contributed by atoms with Gasteiger partial charge in [-0.1, -0.05) is 20.3 Å². The van der Waals surface area contributed by atoms with Crippen molar-refractivity contribution in [1.82, 2.24) is 5.06 Å². The number of nitrogen functional groups attached to an aromatic ring is 1. The van der Waals surface area contributed by atoms with Crippen molar-refractivity contribution in [1.29, 1.82) is 0 Å². The molecular weight excluding hydrogens is 188 g/mol. The van der Waals surface area contributed by atoms with Crippen LogP contribution in [0.4, 0.5) is 5.69 Å². The standard InChI is InChI=1S/C9H10N2O.C3H8/c1-11-5-4-7-6-8(10)2-3-9(7)12-11;1-3-2/h2-6H,10H2,1H3;3H2,1-2H3. The lowest BCUT2D eigenvalue weighted by Gasteiger charge is -2.20. The lowest BCUT2D eigenvalue weighted by Crippen LogP contribution is -2.18. The van der Waals surface area contributed by atoms with Gasteiger partial charge in [-0.2, -0.15) is 0 Å². The minimum atomic E-state index is 0.756. The number of hydrogen-bond acceptors (Lipinski definition) is 3. The summed E-state index contributed by atoms with van der Waals surface area (Å²) in [5.41, 5.74) is 7.39. The molecule has 0 fully saturated rings. The fourth-order valence-electron chi connectivity index (χ4n) is 1.15. The molecule has 0 bridgehead atoms. The first-order valence-corrected chi connectivity index (χ1v) is 5.16. The van der Waals surface area contributed by atoms with Crippen molar-refractivity contribution in [3.05, 3.63) is 30.0 Å². The monoisotopic (exact) mass is 206 g/mol. The van der Waals surface area contributed by atoms with Crippen molar-refractivity contribution in [3.8, 4) is 5.75 Å². The van der Waals surface area contributed by atoms with Gasteiger partial charge in [-0.3, -0.25) is 0 Å². The topological polar surface area (TPSA) is 38.5 Å². The summed E-state index contributed by atoms with van der Waals surface area (Å²) in [6.07, 6.45) is 5.07. The van der Waals surface area contributed by atoms with Gasteiger partial charge >= 0.3 is 0 Å². The second-order valence-corrected chi connectivity index (χ2v) is 3.46.